The Labute approximate surface area is 115 Å². The number of pyridine rings is 1. The number of nitrogens with zero attached hydrogens (tertiary/aromatic N) is 1. The van der Waals surface area contributed by atoms with Crippen LogP contribution in [0.5, 0.6) is 11.6 Å². The molecule has 0 unspecified atom stereocenters. The standard InChI is InChI=1S/C14H14N2O4/c1-19-14(18)12-6-5-11(15)13(16-12)20-10-4-2-3-9(7-10)8-17/h2-7,17H,8,15H2,1H3. The van der Waals surface area contributed by atoms with Gasteiger partial charge in [0.1, 0.15) is 5.75 Å². The van der Waals surface area contributed by atoms with Crippen molar-refractivity contribution in [3.8, 4) is 11.6 Å². The zero-order valence-electron chi connectivity index (χ0n) is 10.9. The van der Waals surface area contributed by atoms with Crippen molar-refractivity contribution >= 4 is 11.7 Å². The number of ether oxygens (including phenoxy) is 2. The number of rotatable bonds is 4. The summed E-state index contributed by atoms with van der Waals surface area (Å²) in [6.07, 6.45) is 0. The average Bonchev–Trinajstić information content (AvgIpc) is 2.49. The van der Waals surface area contributed by atoms with Gasteiger partial charge in [0.2, 0.25) is 5.88 Å². The van der Waals surface area contributed by atoms with E-state index in [0.29, 0.717) is 17.0 Å². The maximum absolute atomic E-state index is 11.4. The molecule has 6 nitrogen and oxygen atoms in total. The second-order valence-corrected chi connectivity index (χ2v) is 3.99. The summed E-state index contributed by atoms with van der Waals surface area (Å²) in [7, 11) is 1.27. The molecule has 6 heteroatoms. The molecule has 0 aliphatic heterocycles. The molecule has 0 amide bonds. The van der Waals surface area contributed by atoms with Gasteiger partial charge in [-0.05, 0) is 29.8 Å². The molecule has 0 spiro atoms. The molecule has 0 radical (unpaired) electrons. The zero-order valence-corrected chi connectivity index (χ0v) is 10.9. The lowest BCUT2D eigenvalue weighted by molar-refractivity contribution is 0.0593. The van der Waals surface area contributed by atoms with E-state index in [1.54, 1.807) is 24.3 Å². The number of hydrogen-bond donors (Lipinski definition) is 2. The van der Waals surface area contributed by atoms with Gasteiger partial charge in [0.25, 0.3) is 0 Å². The number of benzene rings is 1. The Kier molecular flexibility index (Phi) is 4.17. The van der Waals surface area contributed by atoms with Crippen molar-refractivity contribution in [3.05, 3.63) is 47.7 Å². The van der Waals surface area contributed by atoms with Crippen LogP contribution in [0.2, 0.25) is 0 Å². The fourth-order valence-corrected chi connectivity index (χ4v) is 1.57. The van der Waals surface area contributed by atoms with Crippen molar-refractivity contribution in [2.24, 2.45) is 0 Å². The third kappa shape index (κ3) is 3.04. The van der Waals surface area contributed by atoms with Crippen LogP contribution in [0.25, 0.3) is 0 Å². The maximum atomic E-state index is 11.4. The molecule has 1 aromatic carbocycles. The van der Waals surface area contributed by atoms with E-state index in [0.717, 1.165) is 0 Å². The van der Waals surface area contributed by atoms with Gasteiger partial charge in [-0.15, -0.1) is 0 Å². The van der Waals surface area contributed by atoms with Gasteiger partial charge in [-0.3, -0.25) is 0 Å². The molecule has 0 saturated heterocycles. The van der Waals surface area contributed by atoms with Gasteiger partial charge >= 0.3 is 5.97 Å². The minimum absolute atomic E-state index is 0.0949. The average molecular weight is 274 g/mol. The Hall–Kier alpha value is -2.60. The Morgan fingerprint density at radius 1 is 1.35 bits per heavy atom. The molecule has 20 heavy (non-hydrogen) atoms. The molecule has 0 fully saturated rings. The highest BCUT2D eigenvalue weighted by Crippen LogP contribution is 2.26. The lowest BCUT2D eigenvalue weighted by Crippen LogP contribution is -2.06. The predicted molar refractivity (Wildman–Crippen MR) is 72.4 cm³/mol. The van der Waals surface area contributed by atoms with E-state index in [-0.39, 0.29) is 18.2 Å². The van der Waals surface area contributed by atoms with E-state index in [2.05, 4.69) is 9.72 Å². The first-order chi connectivity index (χ1) is 9.63. The summed E-state index contributed by atoms with van der Waals surface area (Å²) in [5.74, 6) is 0.0136. The number of aromatic nitrogens is 1. The van der Waals surface area contributed by atoms with Gasteiger partial charge in [0, 0.05) is 0 Å². The van der Waals surface area contributed by atoms with E-state index in [9.17, 15) is 4.79 Å². The predicted octanol–water partition coefficient (Wildman–Crippen LogP) is 1.73. The summed E-state index contributed by atoms with van der Waals surface area (Å²) in [6, 6.07) is 9.83. The van der Waals surface area contributed by atoms with Gasteiger partial charge in [-0.1, -0.05) is 12.1 Å². The van der Waals surface area contributed by atoms with Crippen LogP contribution in [-0.4, -0.2) is 23.2 Å². The Bertz CT molecular complexity index is 628. The molecule has 2 aromatic rings. The Morgan fingerprint density at radius 3 is 2.85 bits per heavy atom. The Balaban J connectivity index is 2.30. The fourth-order valence-electron chi connectivity index (χ4n) is 1.57. The molecule has 0 bridgehead atoms. The van der Waals surface area contributed by atoms with E-state index >= 15 is 0 Å². The van der Waals surface area contributed by atoms with Crippen LogP contribution >= 0.6 is 0 Å². The molecule has 0 aliphatic rings. The van der Waals surface area contributed by atoms with Crippen LogP contribution in [0.15, 0.2) is 36.4 Å². The summed E-state index contributed by atoms with van der Waals surface area (Å²) in [5.41, 5.74) is 6.86. The number of aliphatic hydroxyl groups excluding tert-OH is 1. The Morgan fingerprint density at radius 2 is 2.15 bits per heavy atom. The van der Waals surface area contributed by atoms with Crippen molar-refractivity contribution in [2.75, 3.05) is 12.8 Å². The van der Waals surface area contributed by atoms with Crippen LogP contribution in [0.4, 0.5) is 5.69 Å². The fraction of sp³-hybridized carbons (Fsp3) is 0.143. The van der Waals surface area contributed by atoms with Gasteiger partial charge in [-0.2, -0.15) is 0 Å². The highest BCUT2D eigenvalue weighted by Gasteiger charge is 2.12. The number of carbonyl (C=O) groups is 1. The lowest BCUT2D eigenvalue weighted by atomic mass is 10.2. The number of esters is 1. The molecule has 3 N–H and O–H groups in total. The van der Waals surface area contributed by atoms with Crippen molar-refractivity contribution in [3.63, 3.8) is 0 Å². The number of nitrogen functional groups attached to an aromatic ring is 1. The zero-order chi connectivity index (χ0) is 14.5. The second-order valence-electron chi connectivity index (χ2n) is 3.99. The van der Waals surface area contributed by atoms with Gasteiger partial charge in [0.15, 0.2) is 5.69 Å². The number of anilines is 1. The number of aliphatic hydroxyl groups is 1. The molecule has 1 heterocycles. The topological polar surface area (TPSA) is 94.7 Å². The minimum atomic E-state index is -0.570. The first-order valence-electron chi connectivity index (χ1n) is 5.86. The number of hydrogen-bond acceptors (Lipinski definition) is 6. The highest BCUT2D eigenvalue weighted by molar-refractivity contribution is 5.87. The van der Waals surface area contributed by atoms with Gasteiger partial charge < -0.3 is 20.3 Å². The van der Waals surface area contributed by atoms with Crippen molar-refractivity contribution < 1.29 is 19.4 Å². The van der Waals surface area contributed by atoms with E-state index in [1.807, 2.05) is 0 Å². The quantitative estimate of drug-likeness (QED) is 0.824. The van der Waals surface area contributed by atoms with Crippen LogP contribution in [0.3, 0.4) is 0 Å². The van der Waals surface area contributed by atoms with Crippen molar-refractivity contribution in [1.82, 2.24) is 4.98 Å². The van der Waals surface area contributed by atoms with Crippen LogP contribution in [0.1, 0.15) is 16.1 Å². The first kappa shape index (κ1) is 13.8. The number of nitrogens with two attached hydrogens (primary N) is 1. The van der Waals surface area contributed by atoms with Crippen LogP contribution < -0.4 is 10.5 Å². The van der Waals surface area contributed by atoms with E-state index in [1.165, 1.54) is 19.2 Å². The molecule has 0 aliphatic carbocycles. The van der Waals surface area contributed by atoms with Gasteiger partial charge in [0.05, 0.1) is 19.4 Å². The van der Waals surface area contributed by atoms with E-state index < -0.39 is 5.97 Å². The molecule has 1 aromatic heterocycles. The summed E-state index contributed by atoms with van der Waals surface area (Å²) < 4.78 is 10.1. The van der Waals surface area contributed by atoms with Crippen molar-refractivity contribution in [1.29, 1.82) is 0 Å². The SMILES string of the molecule is COC(=O)c1ccc(N)c(Oc2cccc(CO)c2)n1. The van der Waals surface area contributed by atoms with E-state index in [4.69, 9.17) is 15.6 Å². The van der Waals surface area contributed by atoms with Crippen LogP contribution in [-0.2, 0) is 11.3 Å². The highest BCUT2D eigenvalue weighted by atomic mass is 16.5. The summed E-state index contributed by atoms with van der Waals surface area (Å²) in [5, 5.41) is 9.07. The molecule has 2 rings (SSSR count). The summed E-state index contributed by atoms with van der Waals surface area (Å²) >= 11 is 0. The van der Waals surface area contributed by atoms with Crippen molar-refractivity contribution in [2.45, 2.75) is 6.61 Å². The molecule has 0 atom stereocenters. The molecule has 104 valence electrons. The smallest absolute Gasteiger partial charge is 0.356 e. The molecular weight excluding hydrogens is 260 g/mol. The molecular formula is C14H14N2O4. The third-order valence-corrected chi connectivity index (χ3v) is 2.58. The van der Waals surface area contributed by atoms with Crippen LogP contribution in [0, 0.1) is 0 Å². The molecule has 0 saturated carbocycles. The minimum Gasteiger partial charge on any atom is -0.464 e. The second kappa shape index (κ2) is 6.03. The maximum Gasteiger partial charge on any atom is 0.356 e. The third-order valence-electron chi connectivity index (χ3n) is 2.58. The normalized spacial score (nSPS) is 10.1. The van der Waals surface area contributed by atoms with Gasteiger partial charge in [-0.25, -0.2) is 9.78 Å². The number of carbonyl (C=O) groups excluding carboxylic acids is 1. The monoisotopic (exact) mass is 274 g/mol. The first-order valence-corrected chi connectivity index (χ1v) is 5.86. The number of methoxy groups -OCH3 is 1. The lowest BCUT2D eigenvalue weighted by Gasteiger charge is -2.09. The largest absolute Gasteiger partial charge is 0.464 e. The summed E-state index contributed by atoms with van der Waals surface area (Å²) in [6.45, 7) is -0.0949. The summed E-state index contributed by atoms with van der Waals surface area (Å²) in [4.78, 5) is 15.4.